The standard InChI is InChI=1S/C21H23NO4/c23-19(20(24)18-11-5-9-16-8-4-10-17(16)18)12-13-22-21(25)26-14-15-6-2-1-3-7-15/h1-9,11,19-20,23-24H,10,12-14H2,(H,22,25). The molecule has 3 rings (SSSR count). The van der Waals surface area contributed by atoms with Crippen molar-refractivity contribution in [2.24, 2.45) is 0 Å². The number of hydrogen-bond donors (Lipinski definition) is 3. The summed E-state index contributed by atoms with van der Waals surface area (Å²) < 4.78 is 5.11. The van der Waals surface area contributed by atoms with Gasteiger partial charge in [-0.15, -0.1) is 0 Å². The Morgan fingerprint density at radius 1 is 1.12 bits per heavy atom. The number of amides is 1. The minimum atomic E-state index is -0.980. The molecule has 0 bridgehead atoms. The van der Waals surface area contributed by atoms with Crippen molar-refractivity contribution < 1.29 is 19.7 Å². The van der Waals surface area contributed by atoms with Crippen molar-refractivity contribution in [1.82, 2.24) is 5.32 Å². The minimum absolute atomic E-state index is 0.195. The summed E-state index contributed by atoms with van der Waals surface area (Å²) in [7, 11) is 0. The summed E-state index contributed by atoms with van der Waals surface area (Å²) in [5.74, 6) is 0. The number of rotatable bonds is 7. The lowest BCUT2D eigenvalue weighted by molar-refractivity contribution is 0.0132. The van der Waals surface area contributed by atoms with Gasteiger partial charge in [0.05, 0.1) is 6.10 Å². The Morgan fingerprint density at radius 3 is 2.73 bits per heavy atom. The largest absolute Gasteiger partial charge is 0.445 e. The molecule has 136 valence electrons. The molecule has 0 spiro atoms. The smallest absolute Gasteiger partial charge is 0.407 e. The first-order chi connectivity index (χ1) is 12.6. The molecule has 0 saturated heterocycles. The molecule has 1 aliphatic rings. The van der Waals surface area contributed by atoms with E-state index in [9.17, 15) is 15.0 Å². The molecule has 2 unspecified atom stereocenters. The van der Waals surface area contributed by atoms with Crippen molar-refractivity contribution in [2.45, 2.75) is 31.7 Å². The second-order valence-corrected chi connectivity index (χ2v) is 6.31. The Kier molecular flexibility index (Phi) is 6.04. The van der Waals surface area contributed by atoms with Crippen LogP contribution in [0.25, 0.3) is 6.08 Å². The molecule has 3 N–H and O–H groups in total. The van der Waals surface area contributed by atoms with Crippen molar-refractivity contribution in [3.8, 4) is 0 Å². The zero-order chi connectivity index (χ0) is 18.4. The maximum atomic E-state index is 11.7. The number of ether oxygens (including phenoxy) is 1. The van der Waals surface area contributed by atoms with Crippen molar-refractivity contribution in [1.29, 1.82) is 0 Å². The van der Waals surface area contributed by atoms with E-state index in [-0.39, 0.29) is 19.6 Å². The van der Waals surface area contributed by atoms with E-state index in [4.69, 9.17) is 4.74 Å². The highest BCUT2D eigenvalue weighted by molar-refractivity contribution is 5.67. The predicted octanol–water partition coefficient (Wildman–Crippen LogP) is 2.97. The summed E-state index contributed by atoms with van der Waals surface area (Å²) in [5, 5.41) is 23.3. The molecule has 0 aliphatic heterocycles. The number of benzene rings is 2. The minimum Gasteiger partial charge on any atom is -0.445 e. The first-order valence-electron chi connectivity index (χ1n) is 8.74. The summed E-state index contributed by atoms with van der Waals surface area (Å²) in [6.45, 7) is 0.417. The average Bonchev–Trinajstić information content (AvgIpc) is 3.15. The lowest BCUT2D eigenvalue weighted by Gasteiger charge is -2.21. The fourth-order valence-electron chi connectivity index (χ4n) is 3.06. The Labute approximate surface area is 152 Å². The number of hydrogen-bond acceptors (Lipinski definition) is 4. The van der Waals surface area contributed by atoms with Gasteiger partial charge in [-0.05, 0) is 35.1 Å². The Morgan fingerprint density at radius 2 is 1.92 bits per heavy atom. The molecular formula is C21H23NO4. The van der Waals surface area contributed by atoms with Crippen LogP contribution in [0, 0.1) is 0 Å². The zero-order valence-corrected chi connectivity index (χ0v) is 14.5. The predicted molar refractivity (Wildman–Crippen MR) is 99.4 cm³/mol. The van der Waals surface area contributed by atoms with Gasteiger partial charge < -0.3 is 20.3 Å². The molecule has 0 fully saturated rings. The third-order valence-corrected chi connectivity index (χ3v) is 4.47. The van der Waals surface area contributed by atoms with E-state index < -0.39 is 18.3 Å². The number of aliphatic hydroxyl groups excluding tert-OH is 2. The van der Waals surface area contributed by atoms with Gasteiger partial charge in [0.2, 0.25) is 0 Å². The van der Waals surface area contributed by atoms with Crippen LogP contribution in [0.3, 0.4) is 0 Å². The van der Waals surface area contributed by atoms with Crippen LogP contribution >= 0.6 is 0 Å². The lowest BCUT2D eigenvalue weighted by Crippen LogP contribution is -2.30. The average molecular weight is 353 g/mol. The van der Waals surface area contributed by atoms with Crippen LogP contribution in [-0.2, 0) is 17.8 Å². The second kappa shape index (κ2) is 8.65. The molecule has 2 aromatic rings. The summed E-state index contributed by atoms with van der Waals surface area (Å²) in [5.41, 5.74) is 3.78. The number of carbonyl (C=O) groups is 1. The Hall–Kier alpha value is -2.63. The van der Waals surface area contributed by atoms with E-state index in [0.29, 0.717) is 0 Å². The number of carbonyl (C=O) groups excluding carboxylic acids is 1. The maximum absolute atomic E-state index is 11.7. The van der Waals surface area contributed by atoms with E-state index in [2.05, 4.69) is 5.32 Å². The molecule has 26 heavy (non-hydrogen) atoms. The molecule has 5 heteroatoms. The topological polar surface area (TPSA) is 78.8 Å². The van der Waals surface area contributed by atoms with Crippen LogP contribution in [0.5, 0.6) is 0 Å². The van der Waals surface area contributed by atoms with E-state index in [1.54, 1.807) is 0 Å². The van der Waals surface area contributed by atoms with Crippen LogP contribution in [-0.4, -0.2) is 29.0 Å². The molecular weight excluding hydrogens is 330 g/mol. The highest BCUT2D eigenvalue weighted by atomic mass is 16.5. The second-order valence-electron chi connectivity index (χ2n) is 6.31. The van der Waals surface area contributed by atoms with Crippen LogP contribution < -0.4 is 5.32 Å². The lowest BCUT2D eigenvalue weighted by atomic mass is 9.94. The van der Waals surface area contributed by atoms with Gasteiger partial charge in [0.15, 0.2) is 0 Å². The number of aliphatic hydroxyl groups is 2. The molecule has 0 aromatic heterocycles. The van der Waals surface area contributed by atoms with Crippen LogP contribution in [0.2, 0.25) is 0 Å². The molecule has 1 amide bonds. The monoisotopic (exact) mass is 353 g/mol. The van der Waals surface area contributed by atoms with Crippen molar-refractivity contribution in [3.63, 3.8) is 0 Å². The summed E-state index contributed by atoms with van der Waals surface area (Å²) in [6, 6.07) is 15.1. The van der Waals surface area contributed by atoms with E-state index in [1.807, 2.05) is 60.7 Å². The normalized spacial score (nSPS) is 14.5. The summed E-state index contributed by atoms with van der Waals surface area (Å²) >= 11 is 0. The number of allylic oxidation sites excluding steroid dienone is 1. The Balaban J connectivity index is 1.43. The first kappa shape index (κ1) is 18.2. The maximum Gasteiger partial charge on any atom is 0.407 e. The molecule has 0 radical (unpaired) electrons. The zero-order valence-electron chi connectivity index (χ0n) is 14.5. The molecule has 2 atom stereocenters. The van der Waals surface area contributed by atoms with Gasteiger partial charge in [-0.1, -0.05) is 60.7 Å². The third kappa shape index (κ3) is 4.50. The van der Waals surface area contributed by atoms with Crippen molar-refractivity contribution in [3.05, 3.63) is 76.9 Å². The molecule has 0 heterocycles. The number of alkyl carbamates (subject to hydrolysis) is 1. The van der Waals surface area contributed by atoms with Gasteiger partial charge in [-0.3, -0.25) is 0 Å². The van der Waals surface area contributed by atoms with Crippen molar-refractivity contribution in [2.75, 3.05) is 6.54 Å². The van der Waals surface area contributed by atoms with Crippen LogP contribution in [0.15, 0.2) is 54.6 Å². The highest BCUT2D eigenvalue weighted by Gasteiger charge is 2.22. The van der Waals surface area contributed by atoms with Crippen molar-refractivity contribution >= 4 is 12.2 Å². The van der Waals surface area contributed by atoms with Gasteiger partial charge in [-0.2, -0.15) is 0 Å². The quantitative estimate of drug-likeness (QED) is 0.715. The number of nitrogens with one attached hydrogen (secondary N) is 1. The van der Waals surface area contributed by atoms with E-state index in [1.165, 1.54) is 0 Å². The number of fused-ring (bicyclic) bond motifs is 1. The van der Waals surface area contributed by atoms with Gasteiger partial charge in [0, 0.05) is 6.54 Å². The Bertz CT molecular complexity index is 773. The van der Waals surface area contributed by atoms with Gasteiger partial charge in [0.25, 0.3) is 0 Å². The van der Waals surface area contributed by atoms with Crippen LogP contribution in [0.4, 0.5) is 4.79 Å². The first-order valence-corrected chi connectivity index (χ1v) is 8.74. The summed E-state index contributed by atoms with van der Waals surface area (Å²) in [6.07, 6.45) is 2.57. The molecule has 1 aliphatic carbocycles. The molecule has 2 aromatic carbocycles. The van der Waals surface area contributed by atoms with Gasteiger partial charge in [-0.25, -0.2) is 4.79 Å². The van der Waals surface area contributed by atoms with E-state index in [0.717, 1.165) is 28.7 Å². The van der Waals surface area contributed by atoms with Gasteiger partial charge in [0.1, 0.15) is 12.7 Å². The fraction of sp³-hybridized carbons (Fsp3) is 0.286. The molecule has 0 saturated carbocycles. The van der Waals surface area contributed by atoms with E-state index >= 15 is 0 Å². The summed E-state index contributed by atoms with van der Waals surface area (Å²) in [4.78, 5) is 11.7. The van der Waals surface area contributed by atoms with Gasteiger partial charge >= 0.3 is 6.09 Å². The third-order valence-electron chi connectivity index (χ3n) is 4.47. The van der Waals surface area contributed by atoms with Crippen LogP contribution in [0.1, 0.15) is 34.8 Å². The fourth-order valence-corrected chi connectivity index (χ4v) is 3.06. The SMILES string of the molecule is O=C(NCCC(O)C(O)c1cccc2c1CC=C2)OCc1ccccc1. The highest BCUT2D eigenvalue weighted by Crippen LogP contribution is 2.29. The molecule has 5 nitrogen and oxygen atoms in total.